The lowest BCUT2D eigenvalue weighted by Crippen LogP contribution is -2.53. The van der Waals surface area contributed by atoms with Crippen molar-refractivity contribution in [2.24, 2.45) is 0 Å². The molecule has 0 N–H and O–H groups in total. The van der Waals surface area contributed by atoms with E-state index in [-0.39, 0.29) is 12.1 Å². The fourth-order valence-corrected chi connectivity index (χ4v) is 4.28. The Balaban J connectivity index is 1.78. The first-order valence-corrected chi connectivity index (χ1v) is 9.00. The maximum absolute atomic E-state index is 11.9. The quantitative estimate of drug-likeness (QED) is 0.771. The largest absolute Gasteiger partial charge is 0.375 e. The van der Waals surface area contributed by atoms with Crippen LogP contribution >= 0.6 is 0 Å². The van der Waals surface area contributed by atoms with Crippen molar-refractivity contribution in [3.8, 4) is 0 Å². The number of aromatic nitrogens is 2. The van der Waals surface area contributed by atoms with Gasteiger partial charge in [0.25, 0.3) is 0 Å². The van der Waals surface area contributed by atoms with Crippen LogP contribution in [0.2, 0.25) is 0 Å². The number of sulfonamides is 1. The van der Waals surface area contributed by atoms with Crippen molar-refractivity contribution in [1.82, 2.24) is 14.3 Å². The van der Waals surface area contributed by atoms with Gasteiger partial charge in [0.15, 0.2) is 0 Å². The van der Waals surface area contributed by atoms with Gasteiger partial charge in [-0.2, -0.15) is 4.31 Å². The van der Waals surface area contributed by atoms with Crippen LogP contribution in [0.1, 0.15) is 12.8 Å². The molecule has 7 nitrogen and oxygen atoms in total. The summed E-state index contributed by atoms with van der Waals surface area (Å²) in [6.45, 7) is 2.48. The van der Waals surface area contributed by atoms with Gasteiger partial charge in [-0.15, -0.1) is 0 Å². The van der Waals surface area contributed by atoms with Gasteiger partial charge in [0.2, 0.25) is 10.0 Å². The Morgan fingerprint density at radius 3 is 2.76 bits per heavy atom. The summed E-state index contributed by atoms with van der Waals surface area (Å²) in [5, 5.41) is 0. The lowest BCUT2D eigenvalue weighted by molar-refractivity contribution is -0.0404. The van der Waals surface area contributed by atoms with Crippen molar-refractivity contribution in [2.75, 3.05) is 37.4 Å². The first-order chi connectivity index (χ1) is 10.1. The highest BCUT2D eigenvalue weighted by Gasteiger charge is 2.38. The zero-order chi connectivity index (χ0) is 14.9. The van der Waals surface area contributed by atoms with Gasteiger partial charge in [0.1, 0.15) is 5.82 Å². The number of morpholine rings is 1. The van der Waals surface area contributed by atoms with E-state index in [1.165, 1.54) is 6.26 Å². The van der Waals surface area contributed by atoms with Crippen LogP contribution in [-0.2, 0) is 14.8 Å². The van der Waals surface area contributed by atoms with E-state index in [1.54, 1.807) is 22.9 Å². The second kappa shape index (κ2) is 5.86. The summed E-state index contributed by atoms with van der Waals surface area (Å²) in [5.74, 6) is 0.835. The minimum absolute atomic E-state index is 0.0323. The van der Waals surface area contributed by atoms with Crippen molar-refractivity contribution < 1.29 is 13.2 Å². The maximum Gasteiger partial charge on any atom is 0.211 e. The number of rotatable bonds is 2. The average Bonchev–Trinajstić information content (AvgIpc) is 2.69. The summed E-state index contributed by atoms with van der Waals surface area (Å²) in [6, 6.07) is -0.0737. The highest BCUT2D eigenvalue weighted by atomic mass is 32.2. The second-order valence-corrected chi connectivity index (χ2v) is 7.41. The molecule has 0 radical (unpaired) electrons. The molecule has 2 aliphatic rings. The third kappa shape index (κ3) is 3.17. The van der Waals surface area contributed by atoms with E-state index >= 15 is 0 Å². The van der Waals surface area contributed by atoms with E-state index in [0.29, 0.717) is 13.2 Å². The molecule has 0 unspecified atom stereocenters. The minimum atomic E-state index is -3.19. The highest BCUT2D eigenvalue weighted by Crippen LogP contribution is 2.26. The Labute approximate surface area is 125 Å². The maximum atomic E-state index is 11.9. The minimum Gasteiger partial charge on any atom is -0.375 e. The van der Waals surface area contributed by atoms with Crippen LogP contribution in [0.15, 0.2) is 18.6 Å². The number of anilines is 1. The smallest absolute Gasteiger partial charge is 0.211 e. The number of hydrogen-bond donors (Lipinski definition) is 0. The first-order valence-electron chi connectivity index (χ1n) is 7.15. The van der Waals surface area contributed by atoms with Crippen LogP contribution in [0.5, 0.6) is 0 Å². The van der Waals surface area contributed by atoms with Crippen molar-refractivity contribution in [3.05, 3.63) is 18.6 Å². The van der Waals surface area contributed by atoms with Gasteiger partial charge in [-0.1, -0.05) is 0 Å². The second-order valence-electron chi connectivity index (χ2n) is 5.48. The Kier molecular flexibility index (Phi) is 4.10. The SMILES string of the molecule is CS(=O)(=O)N1CCO[C@H]2CCN(c3cnccn3)CC[C@H]21. The van der Waals surface area contributed by atoms with Crippen LogP contribution in [0.3, 0.4) is 0 Å². The van der Waals surface area contributed by atoms with Gasteiger partial charge in [-0.05, 0) is 12.8 Å². The molecule has 3 rings (SSSR count). The molecule has 21 heavy (non-hydrogen) atoms. The van der Waals surface area contributed by atoms with E-state index in [0.717, 1.165) is 31.7 Å². The van der Waals surface area contributed by atoms with Crippen molar-refractivity contribution >= 4 is 15.8 Å². The van der Waals surface area contributed by atoms with E-state index in [4.69, 9.17) is 4.74 Å². The molecule has 3 heterocycles. The van der Waals surface area contributed by atoms with Crippen molar-refractivity contribution in [3.63, 3.8) is 0 Å². The molecular formula is C13H20N4O3S. The van der Waals surface area contributed by atoms with Gasteiger partial charge in [0, 0.05) is 32.0 Å². The molecule has 0 amide bonds. The van der Waals surface area contributed by atoms with E-state index in [9.17, 15) is 8.42 Å². The number of ether oxygens (including phenoxy) is 1. The molecule has 0 saturated carbocycles. The van der Waals surface area contributed by atoms with E-state index in [1.807, 2.05) is 0 Å². The topological polar surface area (TPSA) is 75.6 Å². The fourth-order valence-electron chi connectivity index (χ4n) is 3.14. The van der Waals surface area contributed by atoms with Crippen LogP contribution in [0, 0.1) is 0 Å². The molecular weight excluding hydrogens is 292 g/mol. The van der Waals surface area contributed by atoms with E-state index < -0.39 is 10.0 Å². The Hall–Kier alpha value is -1.25. The highest BCUT2D eigenvalue weighted by molar-refractivity contribution is 7.88. The Morgan fingerprint density at radius 1 is 1.24 bits per heavy atom. The van der Waals surface area contributed by atoms with Gasteiger partial charge in [-0.3, -0.25) is 4.98 Å². The summed E-state index contributed by atoms with van der Waals surface area (Å²) in [5.41, 5.74) is 0. The third-order valence-electron chi connectivity index (χ3n) is 4.12. The molecule has 1 aromatic rings. The van der Waals surface area contributed by atoms with E-state index in [2.05, 4.69) is 14.9 Å². The first kappa shape index (κ1) is 14.7. The molecule has 2 atom stereocenters. The van der Waals surface area contributed by atoms with Crippen molar-refractivity contribution in [2.45, 2.75) is 25.0 Å². The van der Waals surface area contributed by atoms with Crippen molar-refractivity contribution in [1.29, 1.82) is 0 Å². The Bertz CT molecular complexity index is 580. The summed E-state index contributed by atoms with van der Waals surface area (Å²) >= 11 is 0. The van der Waals surface area contributed by atoms with Gasteiger partial charge in [0.05, 0.1) is 31.2 Å². The molecule has 2 fully saturated rings. The number of hydrogen-bond acceptors (Lipinski definition) is 6. The molecule has 116 valence electrons. The monoisotopic (exact) mass is 312 g/mol. The molecule has 0 spiro atoms. The predicted octanol–water partition coefficient (Wildman–Crippen LogP) is 0.106. The molecule has 8 heteroatoms. The predicted molar refractivity (Wildman–Crippen MR) is 78.6 cm³/mol. The summed E-state index contributed by atoms with van der Waals surface area (Å²) in [4.78, 5) is 10.6. The zero-order valence-corrected chi connectivity index (χ0v) is 12.9. The van der Waals surface area contributed by atoms with Gasteiger partial charge >= 0.3 is 0 Å². The average molecular weight is 312 g/mol. The molecule has 0 bridgehead atoms. The van der Waals surface area contributed by atoms with Gasteiger partial charge in [-0.25, -0.2) is 13.4 Å². The molecule has 0 aliphatic carbocycles. The lowest BCUT2D eigenvalue weighted by atomic mass is 10.0. The number of nitrogens with zero attached hydrogens (tertiary/aromatic N) is 4. The van der Waals surface area contributed by atoms with Crippen LogP contribution in [0.25, 0.3) is 0 Å². The van der Waals surface area contributed by atoms with Crippen LogP contribution < -0.4 is 4.90 Å². The van der Waals surface area contributed by atoms with Gasteiger partial charge < -0.3 is 9.64 Å². The van der Waals surface area contributed by atoms with Crippen LogP contribution in [0.4, 0.5) is 5.82 Å². The standard InChI is InChI=1S/C13H20N4O3S/c1-21(18,19)17-8-9-20-12-3-7-16(6-2-11(12)17)13-10-14-4-5-15-13/h4-5,10-12H,2-3,6-9H2,1H3/t11-,12+/m1/s1. The molecule has 2 aliphatic heterocycles. The summed E-state index contributed by atoms with van der Waals surface area (Å²) < 4.78 is 31.3. The number of fused-ring (bicyclic) bond motifs is 1. The summed E-state index contributed by atoms with van der Waals surface area (Å²) in [7, 11) is -3.19. The Morgan fingerprint density at radius 2 is 2.05 bits per heavy atom. The lowest BCUT2D eigenvalue weighted by Gasteiger charge is -2.38. The summed E-state index contributed by atoms with van der Waals surface area (Å²) in [6.07, 6.45) is 7.85. The normalized spacial score (nSPS) is 28.0. The zero-order valence-electron chi connectivity index (χ0n) is 12.1. The third-order valence-corrected chi connectivity index (χ3v) is 5.43. The molecule has 1 aromatic heterocycles. The molecule has 2 saturated heterocycles. The fraction of sp³-hybridized carbons (Fsp3) is 0.692. The van der Waals surface area contributed by atoms with Crippen LogP contribution in [-0.4, -0.2) is 67.3 Å². The molecule has 0 aromatic carbocycles.